The molecule has 5 heterocycles. The lowest BCUT2D eigenvalue weighted by molar-refractivity contribution is -0.159. The Bertz CT molecular complexity index is 4790. The third kappa shape index (κ3) is 19.0. The third-order valence-corrected chi connectivity index (χ3v) is 14.2. The average Bonchev–Trinajstić information content (AvgIpc) is 1.67. The summed E-state index contributed by atoms with van der Waals surface area (Å²) >= 11 is 0. The first-order valence-corrected chi connectivity index (χ1v) is 29.6. The lowest BCUT2D eigenvalue weighted by Crippen LogP contribution is -2.18. The number of carbonyl (C=O) groups excluding carboxylic acids is 5. The molecule has 0 aliphatic rings. The van der Waals surface area contributed by atoms with Gasteiger partial charge < -0.3 is 47.1 Å². The molecule has 0 saturated carbocycles. The first kappa shape index (κ1) is 71.3. The van der Waals surface area contributed by atoms with Crippen LogP contribution in [0.15, 0.2) is 200 Å². The normalized spacial score (nSPS) is 10.9. The van der Waals surface area contributed by atoms with Crippen molar-refractivity contribution in [1.29, 1.82) is 0 Å². The zero-order valence-corrected chi connectivity index (χ0v) is 54.2. The molecule has 7 aromatic carbocycles. The van der Waals surface area contributed by atoms with Crippen LogP contribution in [0, 0.1) is 20.8 Å². The van der Waals surface area contributed by atoms with Crippen LogP contribution in [0.25, 0.3) is 80.0 Å². The van der Waals surface area contributed by atoms with E-state index in [4.69, 9.17) is 18.1 Å². The summed E-state index contributed by atoms with van der Waals surface area (Å²) in [5.74, 6) is -0.101. The number of carbonyl (C=O) groups is 5. The van der Waals surface area contributed by atoms with Crippen molar-refractivity contribution < 1.29 is 87.7 Å². The minimum Gasteiger partial charge on any atom is -0.465 e. The zero-order valence-electron chi connectivity index (χ0n) is 54.2. The summed E-state index contributed by atoms with van der Waals surface area (Å²) in [6.07, 6.45) is -5.76. The highest BCUT2D eigenvalue weighted by molar-refractivity contribution is 5.93. The summed E-state index contributed by atoms with van der Waals surface area (Å²) in [6, 6.07) is 46.3. The Morgan fingerprint density at radius 1 is 0.440 bits per heavy atom. The molecule has 0 saturated heterocycles. The maximum absolute atomic E-state index is 13.1. The molecule has 0 spiro atoms. The van der Waals surface area contributed by atoms with Gasteiger partial charge in [0.1, 0.15) is 5.75 Å². The maximum atomic E-state index is 13.1. The summed E-state index contributed by atoms with van der Waals surface area (Å²) in [5.41, 5.74) is 8.54. The third-order valence-electron chi connectivity index (χ3n) is 14.2. The van der Waals surface area contributed by atoms with Gasteiger partial charge in [0, 0.05) is 58.4 Å². The number of aromatic nitrogens is 9. The highest BCUT2D eigenvalue weighted by atomic mass is 19.4. The summed E-state index contributed by atoms with van der Waals surface area (Å²) < 4.78 is 109. The van der Waals surface area contributed by atoms with Crippen molar-refractivity contribution in [3.63, 3.8) is 0 Å². The predicted molar refractivity (Wildman–Crippen MR) is 348 cm³/mol. The van der Waals surface area contributed by atoms with E-state index in [1.807, 2.05) is 63.2 Å². The van der Waals surface area contributed by atoms with Gasteiger partial charge in [-0.25, -0.2) is 19.2 Å². The fourth-order valence-electron chi connectivity index (χ4n) is 8.85. The maximum Gasteiger partial charge on any atom is 0.417 e. The van der Waals surface area contributed by atoms with Gasteiger partial charge in [-0.2, -0.15) is 41.9 Å². The first-order chi connectivity index (χ1) is 47.9. The summed E-state index contributed by atoms with van der Waals surface area (Å²) in [4.78, 5) is 78.4. The van der Waals surface area contributed by atoms with E-state index < -0.39 is 35.8 Å². The Hall–Kier alpha value is -13.0. The number of pyridine rings is 1. The number of nitrogens with one attached hydrogen (secondary N) is 1. The lowest BCUT2D eigenvalue weighted by atomic mass is 10.1. The number of nitrogens with zero attached hydrogens (tertiary/aromatic N) is 9. The second kappa shape index (κ2) is 32.2. The molecule has 12 rings (SSSR count). The number of anilines is 1. The van der Waals surface area contributed by atoms with Crippen molar-refractivity contribution in [2.24, 2.45) is 0 Å². The van der Waals surface area contributed by atoms with Crippen LogP contribution in [-0.2, 0) is 36.3 Å². The molecule has 0 aliphatic heterocycles. The Morgan fingerprint density at radius 3 is 1.22 bits per heavy atom. The van der Waals surface area contributed by atoms with E-state index >= 15 is 0 Å². The zero-order chi connectivity index (χ0) is 71.7. The average molecular weight is 1370 g/mol. The van der Waals surface area contributed by atoms with E-state index in [2.05, 4.69) is 74.5 Å². The van der Waals surface area contributed by atoms with E-state index in [1.165, 1.54) is 70.4 Å². The van der Waals surface area contributed by atoms with Crippen LogP contribution in [0.5, 0.6) is 5.75 Å². The van der Waals surface area contributed by atoms with Crippen LogP contribution in [0.3, 0.4) is 0 Å². The fourth-order valence-corrected chi connectivity index (χ4v) is 8.85. The summed E-state index contributed by atoms with van der Waals surface area (Å²) in [5, 5.41) is 18.1. The highest BCUT2D eigenvalue weighted by Crippen LogP contribution is 2.36. The Morgan fingerprint density at radius 2 is 0.820 bits per heavy atom. The standard InChI is InChI=1S/C20H19N3O4.C18H14F2N2O4.C17H14N2O3.C16H10F3N3O3/c1-12-4-9-16(10-13(12)2)21-18(24)11-17-22-19(27-23-17)14-5-7-15(8-6-14)20(25)26-3;1-18(19,20)25-14-9-7-11(8-10-14)15-21-16(26-22-15)12-3-5-13(6-4-12)17(23)24-2;1-11-3-5-12(6-4-11)15-18-16(22-19-15)13-7-9-14(10-8-13)17(20)21-2;1-24-15(23)10-4-2-9(3-5-10)14-21-13(22-25-14)11-8-20-7-6-12(11)16(17,18)19/h4-10H,11H2,1-3H3,(H,21,24);3-10H,1-2H3;3-10H,1-2H3;2-8H,1H3. The number of aryl methyl sites for hydroxylation is 3. The van der Waals surface area contributed by atoms with Crippen LogP contribution < -0.4 is 10.1 Å². The molecule has 29 heteroatoms. The molecule has 0 fully saturated rings. The van der Waals surface area contributed by atoms with Crippen LogP contribution in [0.1, 0.15) is 76.4 Å². The number of esters is 4. The monoisotopic (exact) mass is 1370 g/mol. The molecule has 0 radical (unpaired) electrons. The van der Waals surface area contributed by atoms with Crippen molar-refractivity contribution in [1.82, 2.24) is 45.5 Å². The van der Waals surface area contributed by atoms with Crippen LogP contribution in [0.4, 0.5) is 27.6 Å². The van der Waals surface area contributed by atoms with E-state index in [0.29, 0.717) is 69.0 Å². The van der Waals surface area contributed by atoms with E-state index in [1.54, 1.807) is 84.9 Å². The first-order valence-electron chi connectivity index (χ1n) is 29.6. The Kier molecular flexibility index (Phi) is 23.0. The molecule has 510 valence electrons. The number of hydrogen-bond donors (Lipinski definition) is 1. The predicted octanol–water partition coefficient (Wildman–Crippen LogP) is 14.6. The van der Waals surface area contributed by atoms with Crippen LogP contribution in [-0.4, -0.2) is 110 Å². The molecular weight excluding hydrogens is 1310 g/mol. The second-order valence-electron chi connectivity index (χ2n) is 21.3. The number of rotatable bonds is 16. The van der Waals surface area contributed by atoms with Crippen molar-refractivity contribution in [3.8, 4) is 85.7 Å². The van der Waals surface area contributed by atoms with Gasteiger partial charge in [-0.3, -0.25) is 9.78 Å². The Labute approximate surface area is 565 Å². The summed E-state index contributed by atoms with van der Waals surface area (Å²) in [7, 11) is 5.23. The highest BCUT2D eigenvalue weighted by Gasteiger charge is 2.35. The molecule has 0 atom stereocenters. The SMILES string of the molecule is COC(=O)c1ccc(-c2nc(-c3ccc(C)cc3)no2)cc1.COC(=O)c1ccc(-c2nc(-c3ccc(OC(C)(F)F)cc3)no2)cc1.COC(=O)c1ccc(-c2nc(-c3cnccc3C(F)(F)F)no2)cc1.COC(=O)c1ccc(-c2nc(CC(=O)Nc3ccc(C)c(C)c3)no2)cc1. The van der Waals surface area contributed by atoms with Crippen molar-refractivity contribution in [2.75, 3.05) is 33.8 Å². The van der Waals surface area contributed by atoms with E-state index in [9.17, 15) is 45.9 Å². The smallest absolute Gasteiger partial charge is 0.417 e. The van der Waals surface area contributed by atoms with Gasteiger partial charge in [-0.15, -0.1) is 0 Å². The number of methoxy groups -OCH3 is 4. The number of ether oxygens (including phenoxy) is 5. The molecule has 1 N–H and O–H groups in total. The Balaban J connectivity index is 0.000000156. The van der Waals surface area contributed by atoms with E-state index in [-0.39, 0.29) is 58.9 Å². The second-order valence-corrected chi connectivity index (χ2v) is 21.3. The molecule has 0 aliphatic carbocycles. The van der Waals surface area contributed by atoms with Crippen LogP contribution in [0.2, 0.25) is 0 Å². The largest absolute Gasteiger partial charge is 0.465 e. The number of benzene rings is 7. The topological polar surface area (TPSA) is 312 Å². The van der Waals surface area contributed by atoms with Gasteiger partial charge in [0.25, 0.3) is 23.6 Å². The lowest BCUT2D eigenvalue weighted by Gasteiger charge is -2.12. The fraction of sp³-hybridized carbons (Fsp3) is 0.155. The van der Waals surface area contributed by atoms with Crippen LogP contribution >= 0.6 is 0 Å². The number of alkyl halides is 5. The van der Waals surface area contributed by atoms with Gasteiger partial charge in [0.05, 0.1) is 68.2 Å². The number of hydrogen-bond acceptors (Lipinski definition) is 23. The molecule has 1 amide bonds. The molecule has 0 bridgehead atoms. The van der Waals surface area contributed by atoms with Gasteiger partial charge in [-0.05, 0) is 171 Å². The number of amides is 1. The molecule has 24 nitrogen and oxygen atoms in total. The molecular formula is C71H57F5N10O14. The molecule has 100 heavy (non-hydrogen) atoms. The van der Waals surface area contributed by atoms with Crippen molar-refractivity contribution in [2.45, 2.75) is 46.4 Å². The quantitative estimate of drug-likeness (QED) is 0.0533. The van der Waals surface area contributed by atoms with Gasteiger partial charge >= 0.3 is 36.2 Å². The molecule has 12 aromatic rings. The van der Waals surface area contributed by atoms with Gasteiger partial charge in [0.15, 0.2) is 5.82 Å². The summed E-state index contributed by atoms with van der Waals surface area (Å²) in [6.45, 7) is 6.69. The minimum atomic E-state index is -4.57. The van der Waals surface area contributed by atoms with Gasteiger partial charge in [-0.1, -0.05) is 56.5 Å². The van der Waals surface area contributed by atoms with E-state index in [0.717, 1.165) is 46.4 Å². The van der Waals surface area contributed by atoms with Crippen molar-refractivity contribution >= 4 is 35.5 Å². The van der Waals surface area contributed by atoms with Gasteiger partial charge in [0.2, 0.25) is 23.4 Å². The molecule has 5 aromatic heterocycles. The minimum absolute atomic E-state index is 0.00331. The molecule has 0 unspecified atom stereocenters. The van der Waals surface area contributed by atoms with Crippen molar-refractivity contribution in [3.05, 3.63) is 233 Å². The number of halogens is 5.